The largest absolute Gasteiger partial charge is 0.354 e. The van der Waals surface area contributed by atoms with Crippen LogP contribution in [0.25, 0.3) is 11.0 Å². The molecule has 2 amide bonds. The summed E-state index contributed by atoms with van der Waals surface area (Å²) in [4.78, 5) is 29.1. The SMILES string of the molecule is Cc1nn(C)c2nc(C3CC3)cc(C(=O)NCCNC(=O)C3CC3)c12. The minimum atomic E-state index is -0.133. The lowest BCUT2D eigenvalue weighted by Crippen LogP contribution is -2.35. The van der Waals surface area contributed by atoms with Crippen LogP contribution in [-0.4, -0.2) is 39.7 Å². The Bertz CT molecular complexity index is 849. The molecule has 4 rings (SSSR count). The molecule has 2 heterocycles. The third kappa shape index (κ3) is 3.23. The van der Waals surface area contributed by atoms with Crippen LogP contribution in [0.15, 0.2) is 6.07 Å². The first-order valence-electron chi connectivity index (χ1n) is 8.94. The quantitative estimate of drug-likeness (QED) is 0.778. The van der Waals surface area contributed by atoms with Gasteiger partial charge in [0.25, 0.3) is 5.91 Å². The first-order valence-corrected chi connectivity index (χ1v) is 8.94. The highest BCUT2D eigenvalue weighted by atomic mass is 16.2. The van der Waals surface area contributed by atoms with Crippen molar-refractivity contribution in [2.75, 3.05) is 13.1 Å². The van der Waals surface area contributed by atoms with Crippen LogP contribution in [-0.2, 0) is 11.8 Å². The van der Waals surface area contributed by atoms with Gasteiger partial charge in [-0.15, -0.1) is 0 Å². The molecule has 2 aliphatic rings. The number of aryl methyl sites for hydroxylation is 2. The van der Waals surface area contributed by atoms with E-state index in [0.717, 1.165) is 48.1 Å². The number of carbonyl (C=O) groups is 2. The number of hydrogen-bond donors (Lipinski definition) is 2. The maximum Gasteiger partial charge on any atom is 0.252 e. The monoisotopic (exact) mass is 341 g/mol. The zero-order valence-electron chi connectivity index (χ0n) is 14.6. The van der Waals surface area contributed by atoms with Crippen LogP contribution in [0.4, 0.5) is 0 Å². The van der Waals surface area contributed by atoms with E-state index in [9.17, 15) is 9.59 Å². The van der Waals surface area contributed by atoms with Crippen molar-refractivity contribution in [1.29, 1.82) is 0 Å². The molecule has 2 aromatic rings. The summed E-state index contributed by atoms with van der Waals surface area (Å²) in [6, 6.07) is 1.91. The molecule has 7 nitrogen and oxygen atoms in total. The lowest BCUT2D eigenvalue weighted by atomic mass is 10.1. The van der Waals surface area contributed by atoms with Gasteiger partial charge in [0.2, 0.25) is 5.91 Å². The number of nitrogens with zero attached hydrogens (tertiary/aromatic N) is 3. The molecule has 0 aliphatic heterocycles. The Labute approximate surface area is 146 Å². The second-order valence-electron chi connectivity index (χ2n) is 7.10. The second kappa shape index (κ2) is 6.13. The standard InChI is InChI=1S/C18H23N5O2/c1-10-15-13(18(25)20-8-7-19-17(24)12-5-6-12)9-14(11-3-4-11)21-16(15)23(2)22-10/h9,11-12H,3-8H2,1-2H3,(H,19,24)(H,20,25). The van der Waals surface area contributed by atoms with Gasteiger partial charge in [0.1, 0.15) is 0 Å². The molecule has 0 atom stereocenters. The van der Waals surface area contributed by atoms with E-state index in [1.54, 1.807) is 4.68 Å². The van der Waals surface area contributed by atoms with Crippen molar-refractivity contribution < 1.29 is 9.59 Å². The van der Waals surface area contributed by atoms with Crippen LogP contribution in [0.2, 0.25) is 0 Å². The summed E-state index contributed by atoms with van der Waals surface area (Å²) in [7, 11) is 1.86. The summed E-state index contributed by atoms with van der Waals surface area (Å²) in [6.45, 7) is 2.77. The molecule has 0 unspecified atom stereocenters. The Morgan fingerprint density at radius 3 is 2.60 bits per heavy atom. The van der Waals surface area contributed by atoms with Crippen LogP contribution in [0, 0.1) is 12.8 Å². The van der Waals surface area contributed by atoms with Crippen molar-refractivity contribution in [2.45, 2.75) is 38.5 Å². The zero-order chi connectivity index (χ0) is 17.6. The molecule has 25 heavy (non-hydrogen) atoms. The summed E-state index contributed by atoms with van der Waals surface area (Å²) in [6.07, 6.45) is 4.22. The fourth-order valence-corrected chi connectivity index (χ4v) is 3.18. The van der Waals surface area contributed by atoms with E-state index in [4.69, 9.17) is 4.98 Å². The number of rotatable bonds is 6. The maximum atomic E-state index is 12.7. The molecule has 0 bridgehead atoms. The maximum absolute atomic E-state index is 12.7. The molecule has 0 radical (unpaired) electrons. The number of aromatic nitrogens is 3. The van der Waals surface area contributed by atoms with Gasteiger partial charge < -0.3 is 10.6 Å². The molecular formula is C18H23N5O2. The molecule has 2 aromatic heterocycles. The van der Waals surface area contributed by atoms with Crippen LogP contribution in [0.3, 0.4) is 0 Å². The van der Waals surface area contributed by atoms with Crippen LogP contribution >= 0.6 is 0 Å². The first kappa shape index (κ1) is 16.1. The fourth-order valence-electron chi connectivity index (χ4n) is 3.18. The van der Waals surface area contributed by atoms with E-state index < -0.39 is 0 Å². The van der Waals surface area contributed by atoms with E-state index in [0.29, 0.717) is 24.6 Å². The van der Waals surface area contributed by atoms with Crippen molar-refractivity contribution in [3.63, 3.8) is 0 Å². The molecule has 0 aromatic carbocycles. The molecule has 2 aliphatic carbocycles. The number of fused-ring (bicyclic) bond motifs is 1. The van der Waals surface area contributed by atoms with Crippen molar-refractivity contribution in [3.8, 4) is 0 Å². The summed E-state index contributed by atoms with van der Waals surface area (Å²) >= 11 is 0. The molecule has 132 valence electrons. The number of hydrogen-bond acceptors (Lipinski definition) is 4. The van der Waals surface area contributed by atoms with Gasteiger partial charge in [-0.25, -0.2) is 4.98 Å². The number of pyridine rings is 1. The van der Waals surface area contributed by atoms with Gasteiger partial charge >= 0.3 is 0 Å². The van der Waals surface area contributed by atoms with Crippen molar-refractivity contribution in [1.82, 2.24) is 25.4 Å². The highest BCUT2D eigenvalue weighted by molar-refractivity contribution is 6.06. The first-order chi connectivity index (χ1) is 12.0. The van der Waals surface area contributed by atoms with Gasteiger partial charge in [-0.2, -0.15) is 5.10 Å². The molecule has 2 fully saturated rings. The van der Waals surface area contributed by atoms with E-state index in [-0.39, 0.29) is 17.7 Å². The van der Waals surface area contributed by atoms with Crippen LogP contribution in [0.1, 0.15) is 53.3 Å². The second-order valence-corrected chi connectivity index (χ2v) is 7.10. The van der Waals surface area contributed by atoms with E-state index in [1.165, 1.54) is 0 Å². The lowest BCUT2D eigenvalue weighted by Gasteiger charge is -2.09. The molecule has 7 heteroatoms. The van der Waals surface area contributed by atoms with Gasteiger partial charge in [0, 0.05) is 37.7 Å². The van der Waals surface area contributed by atoms with Crippen LogP contribution < -0.4 is 10.6 Å². The zero-order valence-corrected chi connectivity index (χ0v) is 14.6. The van der Waals surface area contributed by atoms with Crippen molar-refractivity contribution >= 4 is 22.8 Å². The third-order valence-electron chi connectivity index (χ3n) is 4.89. The van der Waals surface area contributed by atoms with Crippen LogP contribution in [0.5, 0.6) is 0 Å². The van der Waals surface area contributed by atoms with Gasteiger partial charge in [-0.1, -0.05) is 0 Å². The van der Waals surface area contributed by atoms with Gasteiger partial charge in [0.15, 0.2) is 5.65 Å². The van der Waals surface area contributed by atoms with Crippen molar-refractivity contribution in [3.05, 3.63) is 23.0 Å². The lowest BCUT2D eigenvalue weighted by molar-refractivity contribution is -0.122. The average molecular weight is 341 g/mol. The highest BCUT2D eigenvalue weighted by Crippen LogP contribution is 2.40. The molecular weight excluding hydrogens is 318 g/mol. The molecule has 0 saturated heterocycles. The van der Waals surface area contributed by atoms with Gasteiger partial charge in [0.05, 0.1) is 16.6 Å². The third-order valence-corrected chi connectivity index (χ3v) is 4.89. The van der Waals surface area contributed by atoms with E-state index >= 15 is 0 Å². The summed E-state index contributed by atoms with van der Waals surface area (Å²) in [5.41, 5.74) is 3.17. The predicted octanol–water partition coefficient (Wildman–Crippen LogP) is 1.41. The van der Waals surface area contributed by atoms with Gasteiger partial charge in [-0.3, -0.25) is 14.3 Å². The predicted molar refractivity (Wildman–Crippen MR) is 93.3 cm³/mol. The molecule has 0 spiro atoms. The van der Waals surface area contributed by atoms with E-state index in [2.05, 4.69) is 15.7 Å². The van der Waals surface area contributed by atoms with Gasteiger partial charge in [-0.05, 0) is 38.7 Å². The smallest absolute Gasteiger partial charge is 0.252 e. The number of nitrogens with one attached hydrogen (secondary N) is 2. The summed E-state index contributed by atoms with van der Waals surface area (Å²) in [5.74, 6) is 0.615. The fraction of sp³-hybridized carbons (Fsp3) is 0.556. The van der Waals surface area contributed by atoms with E-state index in [1.807, 2.05) is 20.0 Å². The Hall–Kier alpha value is -2.44. The Kier molecular flexibility index (Phi) is 3.94. The Morgan fingerprint density at radius 1 is 1.20 bits per heavy atom. The van der Waals surface area contributed by atoms with Crippen molar-refractivity contribution in [2.24, 2.45) is 13.0 Å². The Balaban J connectivity index is 1.50. The summed E-state index contributed by atoms with van der Waals surface area (Å²) in [5, 5.41) is 11.0. The average Bonchev–Trinajstić information content (AvgIpc) is 3.48. The molecule has 2 saturated carbocycles. The topological polar surface area (TPSA) is 88.9 Å². The minimum Gasteiger partial charge on any atom is -0.354 e. The Morgan fingerprint density at radius 2 is 1.92 bits per heavy atom. The minimum absolute atomic E-state index is 0.0969. The number of carbonyl (C=O) groups excluding carboxylic acids is 2. The molecule has 2 N–H and O–H groups in total. The normalized spacial score (nSPS) is 16.9. The number of amides is 2. The highest BCUT2D eigenvalue weighted by Gasteiger charge is 2.29. The summed E-state index contributed by atoms with van der Waals surface area (Å²) < 4.78 is 1.74.